The normalized spacial score (nSPS) is 15.1. The molecular formula is C24H21Cl2F3N6O3. The summed E-state index contributed by atoms with van der Waals surface area (Å²) in [5.41, 5.74) is 0.797. The van der Waals surface area contributed by atoms with Crippen LogP contribution in [0.15, 0.2) is 59.1 Å². The Balaban J connectivity index is 1.91. The van der Waals surface area contributed by atoms with Crippen molar-refractivity contribution in [3.8, 4) is 11.9 Å². The molecule has 2 aromatic carbocycles. The molecule has 1 unspecified atom stereocenters. The predicted molar refractivity (Wildman–Crippen MR) is 136 cm³/mol. The molecule has 14 heteroatoms. The van der Waals surface area contributed by atoms with Crippen LogP contribution in [-0.4, -0.2) is 49.1 Å². The molecule has 0 bridgehead atoms. The molecule has 1 atom stereocenters. The van der Waals surface area contributed by atoms with Crippen molar-refractivity contribution in [1.82, 2.24) is 15.6 Å². The molecule has 9 nitrogen and oxygen atoms in total. The van der Waals surface area contributed by atoms with Gasteiger partial charge in [-0.05, 0) is 36.2 Å². The van der Waals surface area contributed by atoms with E-state index in [1.165, 1.54) is 23.2 Å². The van der Waals surface area contributed by atoms with Gasteiger partial charge in [0.15, 0.2) is 17.8 Å². The Bertz CT molecular complexity index is 1290. The molecule has 0 saturated heterocycles. The van der Waals surface area contributed by atoms with E-state index >= 15 is 0 Å². The molecular weight excluding hydrogens is 548 g/mol. The van der Waals surface area contributed by atoms with Crippen molar-refractivity contribution >= 4 is 46.7 Å². The van der Waals surface area contributed by atoms with Gasteiger partial charge in [0.05, 0.1) is 22.3 Å². The van der Waals surface area contributed by atoms with Crippen LogP contribution in [0, 0.1) is 23.2 Å². The maximum absolute atomic E-state index is 14.7. The highest BCUT2D eigenvalue weighted by Crippen LogP contribution is 2.30. The molecule has 2 N–H and O–H groups in total. The molecule has 0 fully saturated rings. The third-order valence-corrected chi connectivity index (χ3v) is 5.85. The lowest BCUT2D eigenvalue weighted by Crippen LogP contribution is -2.36. The summed E-state index contributed by atoms with van der Waals surface area (Å²) in [5, 5.41) is 20.7. The number of hydrazone groups is 1. The van der Waals surface area contributed by atoms with Crippen molar-refractivity contribution in [2.24, 2.45) is 16.0 Å². The average Bonchev–Trinajstić information content (AvgIpc) is 3.30. The second kappa shape index (κ2) is 13.6. The maximum Gasteiger partial charge on any atom is 0.407 e. The molecule has 2 aromatic rings. The summed E-state index contributed by atoms with van der Waals surface area (Å²) in [6.45, 7) is 0.679. The van der Waals surface area contributed by atoms with E-state index in [2.05, 4.69) is 32.0 Å². The number of hydrogen-bond acceptors (Lipinski definition) is 6. The molecule has 1 aliphatic heterocycles. The zero-order valence-corrected chi connectivity index (χ0v) is 21.1. The van der Waals surface area contributed by atoms with E-state index in [9.17, 15) is 23.2 Å². The van der Waals surface area contributed by atoms with Crippen LogP contribution in [0.3, 0.4) is 0 Å². The first-order chi connectivity index (χ1) is 18.2. The van der Waals surface area contributed by atoms with Crippen molar-refractivity contribution in [1.29, 1.82) is 5.26 Å². The topological polar surface area (TPSA) is 111 Å². The Kier molecular flexibility index (Phi) is 10.2. The Morgan fingerprint density at radius 2 is 2.13 bits per heavy atom. The second-order valence-corrected chi connectivity index (χ2v) is 8.45. The minimum absolute atomic E-state index is 0.0544. The number of carbonyl (C=O) groups excluding carboxylic acids is 1. The number of alkyl carbamates (subject to hydrolysis) is 1. The van der Waals surface area contributed by atoms with Crippen LogP contribution in [0.25, 0.3) is 0 Å². The van der Waals surface area contributed by atoms with Gasteiger partial charge in [-0.2, -0.15) is 19.1 Å². The molecule has 3 rings (SSSR count). The third kappa shape index (κ3) is 7.53. The Hall–Kier alpha value is -3.95. The Morgan fingerprint density at radius 1 is 1.34 bits per heavy atom. The van der Waals surface area contributed by atoms with Gasteiger partial charge in [0, 0.05) is 12.5 Å². The number of nitriles is 1. The van der Waals surface area contributed by atoms with E-state index in [-0.39, 0.29) is 42.3 Å². The van der Waals surface area contributed by atoms with Gasteiger partial charge in [-0.3, -0.25) is 5.32 Å². The molecule has 0 radical (unpaired) electrons. The number of ether oxygens (including phenoxy) is 2. The van der Waals surface area contributed by atoms with Crippen LogP contribution in [-0.2, 0) is 4.74 Å². The first-order valence-corrected chi connectivity index (χ1v) is 11.8. The fourth-order valence-electron chi connectivity index (χ4n) is 3.48. The number of benzene rings is 2. The maximum atomic E-state index is 14.7. The summed E-state index contributed by atoms with van der Waals surface area (Å²) in [7, 11) is 0. The Morgan fingerprint density at radius 3 is 2.82 bits per heavy atom. The van der Waals surface area contributed by atoms with Crippen LogP contribution in [0.4, 0.5) is 23.7 Å². The largest absolute Gasteiger partial charge is 0.445 e. The summed E-state index contributed by atoms with van der Waals surface area (Å²) >= 11 is 12.2. The summed E-state index contributed by atoms with van der Waals surface area (Å²) < 4.78 is 49.0. The summed E-state index contributed by atoms with van der Waals surface area (Å²) in [5.74, 6) is -2.32. The van der Waals surface area contributed by atoms with Crippen molar-refractivity contribution in [3.63, 3.8) is 0 Å². The van der Waals surface area contributed by atoms with Crippen LogP contribution in [0.2, 0.25) is 10.0 Å². The highest BCUT2D eigenvalue weighted by Gasteiger charge is 2.31. The highest BCUT2D eigenvalue weighted by atomic mass is 35.5. The van der Waals surface area contributed by atoms with Gasteiger partial charge in [0.25, 0.3) is 0 Å². The van der Waals surface area contributed by atoms with Gasteiger partial charge in [-0.25, -0.2) is 19.2 Å². The summed E-state index contributed by atoms with van der Waals surface area (Å²) in [6.07, 6.45) is 2.92. The van der Waals surface area contributed by atoms with Crippen LogP contribution >= 0.6 is 23.2 Å². The van der Waals surface area contributed by atoms with Crippen LogP contribution < -0.4 is 15.4 Å². The van der Waals surface area contributed by atoms with E-state index in [0.29, 0.717) is 22.7 Å². The van der Waals surface area contributed by atoms with Gasteiger partial charge in [0.1, 0.15) is 12.3 Å². The number of amides is 1. The first-order valence-electron chi connectivity index (χ1n) is 11.0. The smallest absolute Gasteiger partial charge is 0.407 e. The van der Waals surface area contributed by atoms with Gasteiger partial charge >= 0.3 is 12.7 Å². The number of aliphatic imine (C=N–C) groups is 1. The average molecular weight is 569 g/mol. The number of guanidine groups is 1. The number of hydrogen-bond donors (Lipinski definition) is 2. The number of nitrogens with one attached hydrogen (secondary N) is 2. The number of rotatable bonds is 9. The van der Waals surface area contributed by atoms with Gasteiger partial charge in [-0.15, -0.1) is 0 Å². The zero-order valence-electron chi connectivity index (χ0n) is 19.6. The fraction of sp³-hybridized carbons (Fsp3) is 0.250. The van der Waals surface area contributed by atoms with E-state index in [1.807, 2.05) is 0 Å². The predicted octanol–water partition coefficient (Wildman–Crippen LogP) is 5.43. The zero-order chi connectivity index (χ0) is 27.7. The quantitative estimate of drug-likeness (QED) is 0.137. The van der Waals surface area contributed by atoms with Crippen molar-refractivity contribution in [2.75, 3.05) is 19.7 Å². The monoisotopic (exact) mass is 568 g/mol. The SMILES string of the molecule is C=CCOC(=O)NCCC1CN(C(=Nc2cccc(OC(F)F)c2F)NC#N)N=C1c1ccc(Cl)c(Cl)c1. The number of alkyl halides is 2. The molecule has 1 amide bonds. The standard InChI is InChI=1S/C24H21Cl2F3N6O3/c1-2-10-37-24(36)31-9-8-15-12-35(34-21(15)14-6-7-16(25)17(26)11-14)23(32-13-30)33-18-4-3-5-19(20(18)27)38-22(28)29/h2-7,11,15,22H,1,8-10,12H2,(H,31,36)(H,32,33). The molecule has 200 valence electrons. The van der Waals surface area contributed by atoms with E-state index in [0.717, 1.165) is 6.07 Å². The van der Waals surface area contributed by atoms with Crippen molar-refractivity contribution in [2.45, 2.75) is 13.0 Å². The van der Waals surface area contributed by atoms with E-state index in [4.69, 9.17) is 27.9 Å². The van der Waals surface area contributed by atoms with Crippen molar-refractivity contribution in [3.05, 3.63) is 70.5 Å². The first kappa shape index (κ1) is 28.6. The lowest BCUT2D eigenvalue weighted by molar-refractivity contribution is -0.0521. The summed E-state index contributed by atoms with van der Waals surface area (Å²) in [4.78, 5) is 15.9. The van der Waals surface area contributed by atoms with E-state index in [1.54, 1.807) is 24.4 Å². The third-order valence-electron chi connectivity index (χ3n) is 5.12. The van der Waals surface area contributed by atoms with Crippen LogP contribution in [0.1, 0.15) is 12.0 Å². The van der Waals surface area contributed by atoms with Gasteiger partial charge in [0.2, 0.25) is 5.96 Å². The minimum atomic E-state index is -3.24. The molecule has 1 aliphatic rings. The van der Waals surface area contributed by atoms with Gasteiger partial charge in [-0.1, -0.05) is 48.0 Å². The number of nitrogens with zero attached hydrogens (tertiary/aromatic N) is 4. The molecule has 38 heavy (non-hydrogen) atoms. The number of carbonyl (C=O) groups is 1. The van der Waals surface area contributed by atoms with E-state index < -0.39 is 24.3 Å². The summed E-state index contributed by atoms with van der Waals surface area (Å²) in [6, 6.07) is 8.44. The molecule has 0 aliphatic carbocycles. The molecule has 0 saturated carbocycles. The lowest BCUT2D eigenvalue weighted by atomic mass is 9.94. The fourth-order valence-corrected chi connectivity index (χ4v) is 3.78. The lowest BCUT2D eigenvalue weighted by Gasteiger charge is -2.17. The van der Waals surface area contributed by atoms with Crippen molar-refractivity contribution < 1.29 is 27.4 Å². The van der Waals surface area contributed by atoms with Crippen LogP contribution in [0.5, 0.6) is 5.75 Å². The molecule has 0 aromatic heterocycles. The molecule has 1 heterocycles. The Labute approximate surface area is 226 Å². The van der Waals surface area contributed by atoms with Gasteiger partial charge < -0.3 is 14.8 Å². The second-order valence-electron chi connectivity index (χ2n) is 7.64. The minimum Gasteiger partial charge on any atom is -0.445 e. The number of halogens is 5. The molecule has 0 spiro atoms. The highest BCUT2D eigenvalue weighted by molar-refractivity contribution is 6.42.